The molecule has 1 rings (SSSR count). The molecule has 0 amide bonds. The van der Waals surface area contributed by atoms with E-state index in [1.807, 2.05) is 0 Å². The summed E-state index contributed by atoms with van der Waals surface area (Å²) in [7, 11) is -1.84. The zero-order valence-corrected chi connectivity index (χ0v) is 9.97. The number of halogens is 2. The zero-order chi connectivity index (χ0) is 13.0. The summed E-state index contributed by atoms with van der Waals surface area (Å²) in [5.41, 5.74) is -0.328. The van der Waals surface area contributed by atoms with Crippen LogP contribution in [0.5, 0.6) is 0 Å². The van der Waals surface area contributed by atoms with Gasteiger partial charge in [0.15, 0.2) is 0 Å². The summed E-state index contributed by atoms with van der Waals surface area (Å²) in [6, 6.07) is 3.31. The van der Waals surface area contributed by atoms with Gasteiger partial charge in [0.05, 0.1) is 5.75 Å². The summed E-state index contributed by atoms with van der Waals surface area (Å²) >= 11 is 0. The van der Waals surface area contributed by atoms with Crippen molar-refractivity contribution in [3.63, 3.8) is 0 Å². The highest BCUT2D eigenvalue weighted by atomic mass is 32.2. The van der Waals surface area contributed by atoms with E-state index < -0.39 is 39.4 Å². The highest BCUT2D eigenvalue weighted by Crippen LogP contribution is 2.16. The van der Waals surface area contributed by atoms with Gasteiger partial charge >= 0.3 is 5.97 Å². The van der Waals surface area contributed by atoms with Crippen molar-refractivity contribution in [2.45, 2.75) is 24.3 Å². The van der Waals surface area contributed by atoms with Gasteiger partial charge in [-0.25, -0.2) is 8.78 Å². The van der Waals surface area contributed by atoms with Gasteiger partial charge in [0.2, 0.25) is 0 Å². The second kappa shape index (κ2) is 5.86. The number of hydrogen-bond donors (Lipinski definition) is 1. The van der Waals surface area contributed by atoms with Crippen LogP contribution in [0.1, 0.15) is 18.9 Å². The predicted octanol–water partition coefficient (Wildman–Crippen LogP) is 2.08. The number of aliphatic carboxylic acids is 1. The van der Waals surface area contributed by atoms with Gasteiger partial charge in [-0.2, -0.15) is 0 Å². The molecule has 0 spiro atoms. The first-order chi connectivity index (χ1) is 7.97. The van der Waals surface area contributed by atoms with E-state index in [0.29, 0.717) is 0 Å². The molecule has 0 radical (unpaired) electrons. The number of hydrogen-bond acceptors (Lipinski definition) is 2. The normalized spacial score (nSPS) is 14.3. The van der Waals surface area contributed by atoms with Crippen LogP contribution >= 0.6 is 0 Å². The quantitative estimate of drug-likeness (QED) is 0.883. The maximum Gasteiger partial charge on any atom is 0.319 e. The molecule has 1 N–H and O–H groups in total. The Morgan fingerprint density at radius 3 is 2.35 bits per heavy atom. The lowest BCUT2D eigenvalue weighted by molar-refractivity contribution is -0.136. The van der Waals surface area contributed by atoms with E-state index in [1.54, 1.807) is 6.92 Å². The van der Waals surface area contributed by atoms with Gasteiger partial charge in [0.25, 0.3) is 0 Å². The molecule has 0 fully saturated rings. The summed E-state index contributed by atoms with van der Waals surface area (Å²) in [6.07, 6.45) is 0.151. The van der Waals surface area contributed by atoms with Crippen molar-refractivity contribution in [3.8, 4) is 0 Å². The number of rotatable bonds is 5. The lowest BCUT2D eigenvalue weighted by Crippen LogP contribution is -2.26. The SMILES string of the molecule is CCC(C(=O)O)S(=O)Cc1c(F)cccc1F. The molecule has 0 saturated carbocycles. The van der Waals surface area contributed by atoms with E-state index in [-0.39, 0.29) is 12.0 Å². The molecule has 0 aliphatic heterocycles. The maximum absolute atomic E-state index is 13.3. The first kappa shape index (κ1) is 13.8. The van der Waals surface area contributed by atoms with Gasteiger partial charge < -0.3 is 5.11 Å². The molecule has 0 heterocycles. The molecule has 1 aromatic carbocycles. The lowest BCUT2D eigenvalue weighted by Gasteiger charge is -2.10. The number of benzene rings is 1. The minimum atomic E-state index is -1.84. The summed E-state index contributed by atoms with van der Waals surface area (Å²) in [6.45, 7) is 1.56. The Balaban J connectivity index is 2.91. The van der Waals surface area contributed by atoms with Crippen molar-refractivity contribution >= 4 is 16.8 Å². The lowest BCUT2D eigenvalue weighted by atomic mass is 10.2. The highest BCUT2D eigenvalue weighted by molar-refractivity contribution is 7.85. The Bertz CT molecular complexity index is 428. The largest absolute Gasteiger partial charge is 0.480 e. The van der Waals surface area contributed by atoms with Gasteiger partial charge in [0, 0.05) is 16.4 Å². The third-order valence-corrected chi connectivity index (χ3v) is 4.05. The van der Waals surface area contributed by atoms with Gasteiger partial charge in [-0.05, 0) is 18.6 Å². The fourth-order valence-corrected chi connectivity index (χ4v) is 2.74. The van der Waals surface area contributed by atoms with Crippen LogP contribution in [0.2, 0.25) is 0 Å². The zero-order valence-electron chi connectivity index (χ0n) is 9.15. The first-order valence-electron chi connectivity index (χ1n) is 5.00. The number of carboxylic acids is 1. The fraction of sp³-hybridized carbons (Fsp3) is 0.364. The second-order valence-electron chi connectivity index (χ2n) is 3.46. The summed E-state index contributed by atoms with van der Waals surface area (Å²) in [5, 5.41) is 7.68. The molecule has 0 aliphatic rings. The summed E-state index contributed by atoms with van der Waals surface area (Å²) < 4.78 is 38.2. The third-order valence-electron chi connectivity index (χ3n) is 2.31. The van der Waals surface area contributed by atoms with E-state index in [0.717, 1.165) is 12.1 Å². The number of carboxylic acid groups (broad SMARTS) is 1. The van der Waals surface area contributed by atoms with Crippen LogP contribution in [0.25, 0.3) is 0 Å². The van der Waals surface area contributed by atoms with Crippen molar-refractivity contribution in [1.29, 1.82) is 0 Å². The van der Waals surface area contributed by atoms with Gasteiger partial charge in [0.1, 0.15) is 16.9 Å². The molecular weight excluding hydrogens is 250 g/mol. The van der Waals surface area contributed by atoms with Gasteiger partial charge in [-0.15, -0.1) is 0 Å². The molecule has 0 bridgehead atoms. The van der Waals surface area contributed by atoms with Crippen LogP contribution in [0.3, 0.4) is 0 Å². The van der Waals surface area contributed by atoms with Crippen molar-refractivity contribution in [1.82, 2.24) is 0 Å². The molecule has 2 atom stereocenters. The number of carbonyl (C=O) groups is 1. The Kier molecular flexibility index (Phi) is 4.74. The van der Waals surface area contributed by atoms with E-state index in [2.05, 4.69) is 0 Å². The molecule has 0 aromatic heterocycles. The van der Waals surface area contributed by atoms with Crippen LogP contribution in [-0.4, -0.2) is 20.5 Å². The predicted molar refractivity (Wildman–Crippen MR) is 59.9 cm³/mol. The van der Waals surface area contributed by atoms with Crippen LogP contribution in [0, 0.1) is 11.6 Å². The van der Waals surface area contributed by atoms with Crippen molar-refractivity contribution in [2.24, 2.45) is 0 Å². The monoisotopic (exact) mass is 262 g/mol. The second-order valence-corrected chi connectivity index (χ2v) is 5.08. The van der Waals surface area contributed by atoms with Gasteiger partial charge in [-0.3, -0.25) is 9.00 Å². The molecule has 0 saturated heterocycles. The average Bonchev–Trinajstić information content (AvgIpc) is 2.24. The topological polar surface area (TPSA) is 54.4 Å². The Morgan fingerprint density at radius 1 is 1.41 bits per heavy atom. The van der Waals surface area contributed by atoms with Crippen LogP contribution in [0.4, 0.5) is 8.78 Å². The Morgan fingerprint density at radius 2 is 1.94 bits per heavy atom. The fourth-order valence-electron chi connectivity index (χ4n) is 1.39. The van der Waals surface area contributed by atoms with Crippen LogP contribution < -0.4 is 0 Å². The van der Waals surface area contributed by atoms with Crippen molar-refractivity contribution in [2.75, 3.05) is 0 Å². The molecule has 6 heteroatoms. The minimum Gasteiger partial charge on any atom is -0.480 e. The van der Waals surface area contributed by atoms with Crippen molar-refractivity contribution < 1.29 is 22.9 Å². The molecule has 0 aliphatic carbocycles. The Labute approximate surface area is 99.9 Å². The molecule has 3 nitrogen and oxygen atoms in total. The standard InChI is InChI=1S/C11H12F2O3S/c1-2-10(11(14)15)17(16)6-7-8(12)4-3-5-9(7)13/h3-5,10H,2,6H2,1H3,(H,14,15). The summed E-state index contributed by atoms with van der Waals surface area (Å²) in [4.78, 5) is 10.8. The summed E-state index contributed by atoms with van der Waals surface area (Å²) in [5.74, 6) is -3.26. The molecule has 17 heavy (non-hydrogen) atoms. The smallest absolute Gasteiger partial charge is 0.319 e. The average molecular weight is 262 g/mol. The van der Waals surface area contributed by atoms with Crippen molar-refractivity contribution in [3.05, 3.63) is 35.4 Å². The minimum absolute atomic E-state index is 0.151. The maximum atomic E-state index is 13.3. The molecular formula is C11H12F2O3S. The van der Waals surface area contributed by atoms with E-state index in [1.165, 1.54) is 6.07 Å². The molecule has 94 valence electrons. The first-order valence-corrected chi connectivity index (χ1v) is 6.38. The Hall–Kier alpha value is -1.30. The molecule has 1 aromatic rings. The van der Waals surface area contributed by atoms with Crippen LogP contribution in [-0.2, 0) is 21.3 Å². The van der Waals surface area contributed by atoms with Crippen LogP contribution in [0.15, 0.2) is 18.2 Å². The van der Waals surface area contributed by atoms with E-state index in [9.17, 15) is 17.8 Å². The third kappa shape index (κ3) is 3.33. The van der Waals surface area contributed by atoms with Gasteiger partial charge in [-0.1, -0.05) is 13.0 Å². The molecule has 2 unspecified atom stereocenters. The van der Waals surface area contributed by atoms with E-state index in [4.69, 9.17) is 5.11 Å². The highest BCUT2D eigenvalue weighted by Gasteiger charge is 2.24. The van der Waals surface area contributed by atoms with E-state index >= 15 is 0 Å².